The quantitative estimate of drug-likeness (QED) is 0.468. The van der Waals surface area contributed by atoms with Crippen molar-refractivity contribution in [2.75, 3.05) is 13.1 Å². The van der Waals surface area contributed by atoms with Crippen LogP contribution in [0, 0.1) is 29.6 Å². The number of piperidine rings is 1. The number of ether oxygens (including phenoxy) is 1. The van der Waals surface area contributed by atoms with Gasteiger partial charge >= 0.3 is 5.97 Å². The van der Waals surface area contributed by atoms with Crippen molar-refractivity contribution in [2.45, 2.75) is 13.0 Å². The SMILES string of the molecule is O=C1OCc2cc(C#CC3C4CN(C(=O)Cc5ccc(-n6cnnn6)cc5)CC34)ccc21. The molecule has 0 spiro atoms. The molecular weight excluding hydrogens is 406 g/mol. The largest absolute Gasteiger partial charge is 0.457 e. The molecule has 1 aliphatic carbocycles. The third-order valence-corrected chi connectivity index (χ3v) is 6.52. The molecule has 6 rings (SSSR count). The lowest BCUT2D eigenvalue weighted by molar-refractivity contribution is -0.130. The van der Waals surface area contributed by atoms with Gasteiger partial charge in [-0.3, -0.25) is 4.79 Å². The number of nitrogens with zero attached hydrogens (tertiary/aromatic N) is 5. The smallest absolute Gasteiger partial charge is 0.338 e. The monoisotopic (exact) mass is 425 g/mol. The summed E-state index contributed by atoms with van der Waals surface area (Å²) in [6, 6.07) is 13.3. The normalized spacial score (nSPS) is 22.6. The summed E-state index contributed by atoms with van der Waals surface area (Å²) >= 11 is 0. The molecule has 3 aliphatic rings. The number of esters is 1. The van der Waals surface area contributed by atoms with Gasteiger partial charge < -0.3 is 9.64 Å². The predicted octanol–water partition coefficient (Wildman–Crippen LogP) is 1.63. The van der Waals surface area contributed by atoms with Crippen molar-refractivity contribution in [1.29, 1.82) is 0 Å². The molecule has 2 fully saturated rings. The standard InChI is InChI=1S/C24H19N5O3/c30-23(10-16-1-5-18(6-2-16)29-14-25-26-27-29)28-11-21-20(22(21)12-28)8-4-15-3-7-19-17(9-15)13-32-24(19)31/h1-3,5-7,9,14,20-22H,10-13H2. The second-order valence-corrected chi connectivity index (χ2v) is 8.47. The number of carbonyl (C=O) groups excluding carboxylic acids is 2. The highest BCUT2D eigenvalue weighted by Crippen LogP contribution is 2.51. The number of amides is 1. The molecule has 32 heavy (non-hydrogen) atoms. The average Bonchev–Trinajstić information content (AvgIpc) is 3.30. The lowest BCUT2D eigenvalue weighted by Crippen LogP contribution is -2.32. The van der Waals surface area contributed by atoms with Crippen LogP contribution in [-0.2, 0) is 22.6 Å². The Kier molecular flexibility index (Phi) is 4.28. The number of carbonyl (C=O) groups is 2. The van der Waals surface area contributed by atoms with Crippen LogP contribution in [0.15, 0.2) is 48.8 Å². The number of hydrogen-bond donors (Lipinski definition) is 0. The van der Waals surface area contributed by atoms with Gasteiger partial charge in [-0.15, -0.1) is 5.10 Å². The van der Waals surface area contributed by atoms with Crippen LogP contribution in [-0.4, -0.2) is 50.1 Å². The highest BCUT2D eigenvalue weighted by Gasteiger charge is 2.55. The fourth-order valence-electron chi connectivity index (χ4n) is 4.65. The molecule has 1 amide bonds. The van der Waals surface area contributed by atoms with Crippen molar-refractivity contribution < 1.29 is 14.3 Å². The van der Waals surface area contributed by atoms with Gasteiger partial charge in [0.25, 0.3) is 0 Å². The number of hydrogen-bond acceptors (Lipinski definition) is 6. The molecule has 158 valence electrons. The van der Waals surface area contributed by atoms with Crippen LogP contribution in [0.2, 0.25) is 0 Å². The zero-order valence-corrected chi connectivity index (χ0v) is 17.1. The van der Waals surface area contributed by atoms with E-state index in [1.54, 1.807) is 10.7 Å². The minimum Gasteiger partial charge on any atom is -0.457 e. The summed E-state index contributed by atoms with van der Waals surface area (Å²) in [5, 5.41) is 11.1. The molecule has 2 aliphatic heterocycles. The lowest BCUT2D eigenvalue weighted by Gasteiger charge is -2.19. The Bertz CT molecular complexity index is 1260. The molecule has 2 atom stereocenters. The third-order valence-electron chi connectivity index (χ3n) is 6.52. The molecule has 0 N–H and O–H groups in total. The average molecular weight is 425 g/mol. The van der Waals surface area contributed by atoms with Crippen LogP contribution in [0.1, 0.15) is 27.0 Å². The summed E-state index contributed by atoms with van der Waals surface area (Å²) in [5.74, 6) is 7.79. The van der Waals surface area contributed by atoms with Crippen LogP contribution in [0.4, 0.5) is 0 Å². The van der Waals surface area contributed by atoms with E-state index in [2.05, 4.69) is 27.4 Å². The molecule has 0 radical (unpaired) electrons. The first-order valence-corrected chi connectivity index (χ1v) is 10.6. The first kappa shape index (κ1) is 18.8. The van der Waals surface area contributed by atoms with E-state index < -0.39 is 0 Å². The van der Waals surface area contributed by atoms with E-state index >= 15 is 0 Å². The first-order chi connectivity index (χ1) is 15.7. The van der Waals surface area contributed by atoms with E-state index in [-0.39, 0.29) is 11.9 Å². The second kappa shape index (κ2) is 7.31. The van der Waals surface area contributed by atoms with Crippen molar-refractivity contribution in [3.8, 4) is 17.5 Å². The van der Waals surface area contributed by atoms with Crippen LogP contribution in [0.25, 0.3) is 5.69 Å². The molecule has 0 bridgehead atoms. The van der Waals surface area contributed by atoms with Crippen LogP contribution in [0.3, 0.4) is 0 Å². The summed E-state index contributed by atoms with van der Waals surface area (Å²) in [6.07, 6.45) is 1.93. The molecular formula is C24H19N5O3. The number of fused-ring (bicyclic) bond motifs is 2. The van der Waals surface area contributed by atoms with E-state index in [0.29, 0.717) is 36.3 Å². The molecule has 3 heterocycles. The maximum absolute atomic E-state index is 12.7. The molecule has 1 saturated heterocycles. The molecule has 8 heteroatoms. The topological polar surface area (TPSA) is 90.2 Å². The molecule has 1 aromatic heterocycles. The summed E-state index contributed by atoms with van der Waals surface area (Å²) in [6.45, 7) is 1.88. The summed E-state index contributed by atoms with van der Waals surface area (Å²) < 4.78 is 6.62. The number of cyclic esters (lactones) is 1. The van der Waals surface area contributed by atoms with Gasteiger partial charge in [0.15, 0.2) is 0 Å². The highest BCUT2D eigenvalue weighted by atomic mass is 16.5. The minimum atomic E-state index is -0.260. The minimum absolute atomic E-state index is 0.155. The summed E-state index contributed by atoms with van der Waals surface area (Å²) in [4.78, 5) is 26.2. The lowest BCUT2D eigenvalue weighted by atomic mass is 10.1. The maximum atomic E-state index is 12.7. The van der Waals surface area contributed by atoms with Crippen LogP contribution in [0.5, 0.6) is 0 Å². The summed E-state index contributed by atoms with van der Waals surface area (Å²) in [5.41, 5.74) is 4.28. The fraction of sp³-hybridized carbons (Fsp3) is 0.292. The maximum Gasteiger partial charge on any atom is 0.338 e. The van der Waals surface area contributed by atoms with Gasteiger partial charge in [-0.25, -0.2) is 9.48 Å². The van der Waals surface area contributed by atoms with E-state index in [0.717, 1.165) is 35.5 Å². The van der Waals surface area contributed by atoms with Crippen molar-refractivity contribution >= 4 is 11.9 Å². The number of likely N-dealkylation sites (tertiary alicyclic amines) is 1. The third kappa shape index (κ3) is 3.32. The van der Waals surface area contributed by atoms with Gasteiger partial charge in [-0.2, -0.15) is 0 Å². The van der Waals surface area contributed by atoms with Crippen molar-refractivity contribution in [2.24, 2.45) is 17.8 Å². The van der Waals surface area contributed by atoms with Crippen LogP contribution >= 0.6 is 0 Å². The molecule has 3 aromatic rings. The Morgan fingerprint density at radius 3 is 2.69 bits per heavy atom. The van der Waals surface area contributed by atoms with Gasteiger partial charge in [-0.05, 0) is 58.2 Å². The van der Waals surface area contributed by atoms with Gasteiger partial charge in [0, 0.05) is 30.1 Å². The first-order valence-electron chi connectivity index (χ1n) is 10.6. The molecule has 8 nitrogen and oxygen atoms in total. The summed E-state index contributed by atoms with van der Waals surface area (Å²) in [7, 11) is 0. The predicted molar refractivity (Wildman–Crippen MR) is 112 cm³/mol. The zero-order chi connectivity index (χ0) is 21.7. The van der Waals surface area contributed by atoms with Crippen molar-refractivity contribution in [1.82, 2.24) is 25.1 Å². The van der Waals surface area contributed by atoms with E-state index in [4.69, 9.17) is 4.74 Å². The number of benzene rings is 2. The molecule has 2 unspecified atom stereocenters. The van der Waals surface area contributed by atoms with Crippen molar-refractivity contribution in [3.05, 3.63) is 71.0 Å². The van der Waals surface area contributed by atoms with E-state index in [1.165, 1.54) is 6.33 Å². The Morgan fingerprint density at radius 2 is 1.94 bits per heavy atom. The Labute approximate surface area is 184 Å². The molecule has 2 aromatic carbocycles. The number of rotatable bonds is 3. The fourth-order valence-corrected chi connectivity index (χ4v) is 4.65. The van der Waals surface area contributed by atoms with Crippen molar-refractivity contribution in [3.63, 3.8) is 0 Å². The zero-order valence-electron chi connectivity index (χ0n) is 17.1. The second-order valence-electron chi connectivity index (χ2n) is 8.47. The van der Waals surface area contributed by atoms with Crippen LogP contribution < -0.4 is 0 Å². The molecule has 1 saturated carbocycles. The Balaban J connectivity index is 1.04. The van der Waals surface area contributed by atoms with E-state index in [1.807, 2.05) is 41.3 Å². The van der Waals surface area contributed by atoms with Gasteiger partial charge in [0.1, 0.15) is 12.9 Å². The Morgan fingerprint density at radius 1 is 1.12 bits per heavy atom. The number of aromatic nitrogens is 4. The van der Waals surface area contributed by atoms with Gasteiger partial charge in [0.05, 0.1) is 17.7 Å². The van der Waals surface area contributed by atoms with E-state index in [9.17, 15) is 9.59 Å². The number of tetrazole rings is 1. The highest BCUT2D eigenvalue weighted by molar-refractivity contribution is 5.93. The van der Waals surface area contributed by atoms with Gasteiger partial charge in [-0.1, -0.05) is 24.0 Å². The van der Waals surface area contributed by atoms with Gasteiger partial charge in [0.2, 0.25) is 5.91 Å². The Hall–Kier alpha value is -3.99.